The standard InChI is InChI=1S/C20H22N6O3/c1-2-29-20(28)26-8-6-15(7-9-26)25-19(27)17-12-23-18(13-22-17)24-16-5-3-4-14(10-16)11-21/h3-5,10,12-13,15H,2,6-9H2,1H3,(H,23,24)(H,25,27). The van der Waals surface area contributed by atoms with Gasteiger partial charge in [0.15, 0.2) is 0 Å². The average Bonchev–Trinajstić information content (AvgIpc) is 2.75. The van der Waals surface area contributed by atoms with E-state index >= 15 is 0 Å². The number of piperidine rings is 1. The van der Waals surface area contributed by atoms with Gasteiger partial charge >= 0.3 is 6.09 Å². The van der Waals surface area contributed by atoms with Crippen molar-refractivity contribution in [1.29, 1.82) is 5.26 Å². The number of nitriles is 1. The predicted molar refractivity (Wildman–Crippen MR) is 106 cm³/mol. The molecule has 3 rings (SSSR count). The van der Waals surface area contributed by atoms with Gasteiger partial charge in [-0.15, -0.1) is 0 Å². The molecule has 0 unspecified atom stereocenters. The number of anilines is 2. The summed E-state index contributed by atoms with van der Waals surface area (Å²) in [6.07, 6.45) is 3.88. The minimum atomic E-state index is -0.313. The Hall–Kier alpha value is -3.67. The zero-order valence-electron chi connectivity index (χ0n) is 16.1. The van der Waals surface area contributed by atoms with Gasteiger partial charge in [0.1, 0.15) is 11.5 Å². The summed E-state index contributed by atoms with van der Waals surface area (Å²) in [6, 6.07) is 9.03. The van der Waals surface area contributed by atoms with Crippen molar-refractivity contribution in [3.05, 3.63) is 47.9 Å². The Morgan fingerprint density at radius 2 is 2.07 bits per heavy atom. The maximum Gasteiger partial charge on any atom is 0.409 e. The lowest BCUT2D eigenvalue weighted by Crippen LogP contribution is -2.46. The van der Waals surface area contributed by atoms with Crippen molar-refractivity contribution in [2.75, 3.05) is 25.0 Å². The third-order valence-corrected chi connectivity index (χ3v) is 4.50. The largest absolute Gasteiger partial charge is 0.450 e. The highest BCUT2D eigenvalue weighted by atomic mass is 16.6. The Kier molecular flexibility index (Phi) is 6.58. The number of benzene rings is 1. The lowest BCUT2D eigenvalue weighted by Gasteiger charge is -2.31. The van der Waals surface area contributed by atoms with Crippen molar-refractivity contribution in [1.82, 2.24) is 20.2 Å². The second-order valence-corrected chi connectivity index (χ2v) is 6.54. The Bertz CT molecular complexity index is 901. The van der Waals surface area contributed by atoms with E-state index in [0.717, 1.165) is 0 Å². The molecule has 0 spiro atoms. The van der Waals surface area contributed by atoms with Gasteiger partial charge < -0.3 is 20.3 Å². The topological polar surface area (TPSA) is 120 Å². The molecule has 1 aromatic carbocycles. The van der Waals surface area contributed by atoms with Crippen LogP contribution < -0.4 is 10.6 Å². The molecular formula is C20H22N6O3. The summed E-state index contributed by atoms with van der Waals surface area (Å²) >= 11 is 0. The van der Waals surface area contributed by atoms with Gasteiger partial charge in [0, 0.05) is 24.8 Å². The van der Waals surface area contributed by atoms with Crippen LogP contribution in [-0.2, 0) is 4.74 Å². The van der Waals surface area contributed by atoms with Gasteiger partial charge in [0.05, 0.1) is 30.6 Å². The smallest absolute Gasteiger partial charge is 0.409 e. The highest BCUT2D eigenvalue weighted by molar-refractivity contribution is 5.92. The van der Waals surface area contributed by atoms with E-state index in [1.54, 1.807) is 30.0 Å². The molecule has 2 heterocycles. The molecule has 2 N–H and O–H groups in total. The quantitative estimate of drug-likeness (QED) is 0.799. The Balaban J connectivity index is 1.52. The summed E-state index contributed by atoms with van der Waals surface area (Å²) in [6.45, 7) is 3.21. The van der Waals surface area contributed by atoms with Gasteiger partial charge in [-0.3, -0.25) is 4.79 Å². The van der Waals surface area contributed by atoms with Crippen molar-refractivity contribution < 1.29 is 14.3 Å². The van der Waals surface area contributed by atoms with Crippen molar-refractivity contribution in [3.8, 4) is 6.07 Å². The fourth-order valence-corrected chi connectivity index (χ4v) is 3.00. The molecule has 0 atom stereocenters. The lowest BCUT2D eigenvalue weighted by molar-refractivity contribution is 0.0856. The number of hydrogen-bond donors (Lipinski definition) is 2. The molecule has 1 aromatic heterocycles. The van der Waals surface area contributed by atoms with Crippen molar-refractivity contribution in [3.63, 3.8) is 0 Å². The highest BCUT2D eigenvalue weighted by Gasteiger charge is 2.25. The molecule has 1 aliphatic rings. The first-order chi connectivity index (χ1) is 14.1. The van der Waals surface area contributed by atoms with Crippen LogP contribution in [0.5, 0.6) is 0 Å². The van der Waals surface area contributed by atoms with E-state index in [1.165, 1.54) is 12.4 Å². The van der Waals surface area contributed by atoms with Crippen LogP contribution in [0.3, 0.4) is 0 Å². The summed E-state index contributed by atoms with van der Waals surface area (Å²) in [7, 11) is 0. The SMILES string of the molecule is CCOC(=O)N1CCC(NC(=O)c2cnc(Nc3cccc(C#N)c3)cn2)CC1. The van der Waals surface area contributed by atoms with E-state index in [0.29, 0.717) is 49.6 Å². The molecule has 29 heavy (non-hydrogen) atoms. The van der Waals surface area contributed by atoms with Gasteiger partial charge in [0.2, 0.25) is 0 Å². The second-order valence-electron chi connectivity index (χ2n) is 6.54. The second kappa shape index (κ2) is 9.50. The number of ether oxygens (including phenoxy) is 1. The van der Waals surface area contributed by atoms with E-state index in [4.69, 9.17) is 10.00 Å². The Labute approximate surface area is 168 Å². The molecule has 1 saturated heterocycles. The first-order valence-corrected chi connectivity index (χ1v) is 9.41. The summed E-state index contributed by atoms with van der Waals surface area (Å²) in [5.41, 5.74) is 1.46. The number of rotatable bonds is 5. The summed E-state index contributed by atoms with van der Waals surface area (Å²) in [4.78, 5) is 34.2. The first kappa shape index (κ1) is 20.1. The number of carbonyl (C=O) groups excluding carboxylic acids is 2. The van der Waals surface area contributed by atoms with Crippen molar-refractivity contribution >= 4 is 23.5 Å². The molecule has 0 bridgehead atoms. The van der Waals surface area contributed by atoms with Crippen LogP contribution in [0.4, 0.5) is 16.3 Å². The molecule has 0 radical (unpaired) electrons. The highest BCUT2D eigenvalue weighted by Crippen LogP contribution is 2.16. The molecule has 9 heteroatoms. The van der Waals surface area contributed by atoms with Crippen LogP contribution in [0.1, 0.15) is 35.8 Å². The molecule has 1 fully saturated rings. The Morgan fingerprint density at radius 3 is 2.72 bits per heavy atom. The van der Waals surface area contributed by atoms with E-state index in [1.807, 2.05) is 6.07 Å². The van der Waals surface area contributed by atoms with Crippen LogP contribution in [0.25, 0.3) is 0 Å². The molecule has 2 aromatic rings. The zero-order valence-corrected chi connectivity index (χ0v) is 16.1. The number of nitrogens with zero attached hydrogens (tertiary/aromatic N) is 4. The normalized spacial score (nSPS) is 14.0. The predicted octanol–water partition coefficient (Wildman–Crippen LogP) is 2.44. The van der Waals surface area contributed by atoms with Gasteiger partial charge in [0.25, 0.3) is 5.91 Å². The number of hydrogen-bond acceptors (Lipinski definition) is 7. The molecular weight excluding hydrogens is 372 g/mol. The van der Waals surface area contributed by atoms with Crippen LogP contribution in [0.15, 0.2) is 36.7 Å². The summed E-state index contributed by atoms with van der Waals surface area (Å²) < 4.78 is 4.99. The maximum atomic E-state index is 12.4. The van der Waals surface area contributed by atoms with Gasteiger partial charge in [-0.1, -0.05) is 6.07 Å². The van der Waals surface area contributed by atoms with Crippen LogP contribution in [-0.4, -0.2) is 52.6 Å². The Morgan fingerprint density at radius 1 is 1.28 bits per heavy atom. The van der Waals surface area contributed by atoms with Crippen LogP contribution >= 0.6 is 0 Å². The third-order valence-electron chi connectivity index (χ3n) is 4.50. The van der Waals surface area contributed by atoms with Gasteiger partial charge in [-0.2, -0.15) is 5.26 Å². The van der Waals surface area contributed by atoms with E-state index < -0.39 is 0 Å². The van der Waals surface area contributed by atoms with E-state index in [-0.39, 0.29) is 23.7 Å². The van der Waals surface area contributed by atoms with Gasteiger partial charge in [-0.25, -0.2) is 14.8 Å². The first-order valence-electron chi connectivity index (χ1n) is 9.41. The maximum absolute atomic E-state index is 12.4. The molecule has 0 aliphatic carbocycles. The summed E-state index contributed by atoms with van der Waals surface area (Å²) in [5, 5.41) is 14.9. The van der Waals surface area contributed by atoms with Crippen molar-refractivity contribution in [2.45, 2.75) is 25.8 Å². The number of likely N-dealkylation sites (tertiary alicyclic amines) is 1. The van der Waals surface area contributed by atoms with E-state index in [2.05, 4.69) is 26.7 Å². The number of nitrogens with one attached hydrogen (secondary N) is 2. The molecule has 1 aliphatic heterocycles. The minimum absolute atomic E-state index is 0.0264. The molecule has 0 saturated carbocycles. The van der Waals surface area contributed by atoms with Crippen LogP contribution in [0.2, 0.25) is 0 Å². The minimum Gasteiger partial charge on any atom is -0.450 e. The molecule has 150 valence electrons. The summed E-state index contributed by atoms with van der Waals surface area (Å²) in [5.74, 6) is 0.171. The number of carbonyl (C=O) groups is 2. The third kappa shape index (κ3) is 5.42. The monoisotopic (exact) mass is 394 g/mol. The molecule has 9 nitrogen and oxygen atoms in total. The van der Waals surface area contributed by atoms with Crippen molar-refractivity contribution in [2.24, 2.45) is 0 Å². The van der Waals surface area contributed by atoms with Crippen LogP contribution in [0, 0.1) is 11.3 Å². The van der Waals surface area contributed by atoms with Gasteiger partial charge in [-0.05, 0) is 38.0 Å². The number of amides is 2. The fourth-order valence-electron chi connectivity index (χ4n) is 3.00. The lowest BCUT2D eigenvalue weighted by atomic mass is 10.1. The average molecular weight is 394 g/mol. The molecule has 2 amide bonds. The number of aromatic nitrogens is 2. The fraction of sp³-hybridized carbons (Fsp3) is 0.350. The van der Waals surface area contributed by atoms with E-state index in [9.17, 15) is 9.59 Å². The zero-order chi connectivity index (χ0) is 20.6.